The summed E-state index contributed by atoms with van der Waals surface area (Å²) in [5.74, 6) is 0.193. The molecule has 0 aliphatic heterocycles. The number of carbonyl (C=O) groups is 1. The lowest BCUT2D eigenvalue weighted by Gasteiger charge is -2.30. The van der Waals surface area contributed by atoms with Gasteiger partial charge < -0.3 is 0 Å². The molecule has 0 atom stereocenters. The van der Waals surface area contributed by atoms with Crippen molar-refractivity contribution in [2.24, 2.45) is 5.41 Å². The zero-order chi connectivity index (χ0) is 13.8. The monoisotopic (exact) mass is 275 g/mol. The molecule has 19 heavy (non-hydrogen) atoms. The molecule has 0 radical (unpaired) electrons. The third-order valence-corrected chi connectivity index (χ3v) is 4.28. The molecule has 0 saturated carbocycles. The maximum Gasteiger partial charge on any atom is 0.167 e. The highest BCUT2D eigenvalue weighted by atomic mass is 32.2. The highest BCUT2D eigenvalue weighted by Crippen LogP contribution is 2.37. The zero-order valence-electron chi connectivity index (χ0n) is 11.6. The Bertz CT molecular complexity index is 688. The maximum absolute atomic E-state index is 12.4. The fourth-order valence-electron chi connectivity index (χ4n) is 2.77. The number of carbonyl (C=O) groups excluding carboxylic acids is 1. The second-order valence-corrected chi connectivity index (χ2v) is 6.73. The Morgan fingerprint density at radius 2 is 2.11 bits per heavy atom. The Balaban J connectivity index is 2.34. The van der Waals surface area contributed by atoms with Gasteiger partial charge in [0.05, 0.1) is 17.0 Å². The molecule has 3 rings (SSSR count). The van der Waals surface area contributed by atoms with Crippen molar-refractivity contribution in [1.82, 2.24) is 14.6 Å². The lowest BCUT2D eigenvalue weighted by molar-refractivity contribution is 0.0905. The van der Waals surface area contributed by atoms with Crippen molar-refractivity contribution in [3.05, 3.63) is 23.0 Å². The van der Waals surface area contributed by atoms with Gasteiger partial charge in [0, 0.05) is 12.5 Å². The van der Waals surface area contributed by atoms with Gasteiger partial charge in [-0.25, -0.2) is 9.50 Å². The standard InChI is InChI=1S/C14H17N3OS/c1-8-5-11-15-9-6-14(2,3)7-10(18)12(9)13(19-4)17(11)16-8/h5H,6-7H2,1-4H3. The van der Waals surface area contributed by atoms with Gasteiger partial charge >= 0.3 is 0 Å². The number of aromatic nitrogens is 3. The fraction of sp³-hybridized carbons (Fsp3) is 0.500. The van der Waals surface area contributed by atoms with Gasteiger partial charge in [0.1, 0.15) is 5.03 Å². The molecule has 0 fully saturated rings. The minimum Gasteiger partial charge on any atom is -0.294 e. The molecule has 0 N–H and O–H groups in total. The van der Waals surface area contributed by atoms with E-state index in [0.717, 1.165) is 34.0 Å². The molecular formula is C14H17N3OS. The number of fused-ring (bicyclic) bond motifs is 2. The molecule has 2 aromatic heterocycles. The van der Waals surface area contributed by atoms with Crippen LogP contribution < -0.4 is 0 Å². The van der Waals surface area contributed by atoms with Crippen molar-refractivity contribution in [2.45, 2.75) is 38.6 Å². The van der Waals surface area contributed by atoms with Gasteiger partial charge in [0.2, 0.25) is 0 Å². The Hall–Kier alpha value is -1.36. The first-order chi connectivity index (χ1) is 8.91. The molecule has 0 spiro atoms. The topological polar surface area (TPSA) is 47.3 Å². The van der Waals surface area contributed by atoms with Crippen LogP contribution in [-0.4, -0.2) is 26.6 Å². The molecule has 1 aliphatic rings. The predicted octanol–water partition coefficient (Wildman–Crippen LogP) is 2.91. The Labute approximate surface area is 116 Å². The number of thioether (sulfide) groups is 1. The van der Waals surface area contributed by atoms with E-state index in [0.29, 0.717) is 6.42 Å². The van der Waals surface area contributed by atoms with Crippen LogP contribution in [0, 0.1) is 12.3 Å². The van der Waals surface area contributed by atoms with Crippen LogP contribution in [0.25, 0.3) is 5.65 Å². The number of ketones is 1. The van der Waals surface area contributed by atoms with E-state index in [9.17, 15) is 4.79 Å². The highest BCUT2D eigenvalue weighted by molar-refractivity contribution is 7.98. The number of Topliss-reactive ketones (excluding diaryl/α,β-unsaturated/α-hetero) is 1. The molecule has 2 aromatic rings. The molecule has 0 unspecified atom stereocenters. The van der Waals surface area contributed by atoms with Crippen LogP contribution in [0.3, 0.4) is 0 Å². The zero-order valence-corrected chi connectivity index (χ0v) is 12.5. The quantitative estimate of drug-likeness (QED) is 0.593. The van der Waals surface area contributed by atoms with E-state index in [2.05, 4.69) is 23.9 Å². The molecular weight excluding hydrogens is 258 g/mol. The first-order valence-electron chi connectivity index (χ1n) is 6.38. The Kier molecular flexibility index (Phi) is 2.71. The molecule has 4 nitrogen and oxygen atoms in total. The van der Waals surface area contributed by atoms with Gasteiger partial charge in [-0.05, 0) is 25.0 Å². The number of aryl methyl sites for hydroxylation is 1. The van der Waals surface area contributed by atoms with Gasteiger partial charge in [-0.1, -0.05) is 13.8 Å². The second kappa shape index (κ2) is 4.07. The fourth-order valence-corrected chi connectivity index (χ4v) is 3.52. The van der Waals surface area contributed by atoms with Crippen molar-refractivity contribution in [2.75, 3.05) is 6.26 Å². The summed E-state index contributed by atoms with van der Waals surface area (Å²) in [7, 11) is 0. The van der Waals surface area contributed by atoms with E-state index in [1.165, 1.54) is 0 Å². The summed E-state index contributed by atoms with van der Waals surface area (Å²) in [4.78, 5) is 17.1. The van der Waals surface area contributed by atoms with Crippen LogP contribution in [0.5, 0.6) is 0 Å². The van der Waals surface area contributed by atoms with Crippen LogP contribution in [-0.2, 0) is 6.42 Å². The summed E-state index contributed by atoms with van der Waals surface area (Å²) in [6, 6.07) is 1.96. The van der Waals surface area contributed by atoms with Crippen LogP contribution in [0.1, 0.15) is 42.0 Å². The van der Waals surface area contributed by atoms with E-state index in [4.69, 9.17) is 0 Å². The Morgan fingerprint density at radius 1 is 1.37 bits per heavy atom. The number of nitrogens with zero attached hydrogens (tertiary/aromatic N) is 3. The summed E-state index contributed by atoms with van der Waals surface area (Å²) in [5.41, 5.74) is 3.48. The lowest BCUT2D eigenvalue weighted by atomic mass is 9.76. The summed E-state index contributed by atoms with van der Waals surface area (Å²) >= 11 is 1.57. The van der Waals surface area contributed by atoms with E-state index in [1.807, 2.05) is 19.2 Å². The summed E-state index contributed by atoms with van der Waals surface area (Å²) in [5, 5.41) is 5.37. The first-order valence-corrected chi connectivity index (χ1v) is 7.60. The minimum atomic E-state index is 0.000169. The van der Waals surface area contributed by atoms with E-state index in [1.54, 1.807) is 16.3 Å². The molecule has 0 bridgehead atoms. The average molecular weight is 275 g/mol. The third-order valence-electron chi connectivity index (χ3n) is 3.51. The van der Waals surface area contributed by atoms with Crippen molar-refractivity contribution < 1.29 is 4.79 Å². The van der Waals surface area contributed by atoms with Crippen molar-refractivity contribution >= 4 is 23.2 Å². The third kappa shape index (κ3) is 1.96. The normalized spacial score (nSPS) is 17.8. The van der Waals surface area contributed by atoms with E-state index < -0.39 is 0 Å². The SMILES string of the molecule is CSc1c2c(nc3cc(C)nn13)CC(C)(C)CC2=O. The van der Waals surface area contributed by atoms with Crippen LogP contribution >= 0.6 is 11.8 Å². The summed E-state index contributed by atoms with van der Waals surface area (Å²) < 4.78 is 1.80. The molecule has 0 aromatic carbocycles. The molecule has 5 heteroatoms. The lowest BCUT2D eigenvalue weighted by Crippen LogP contribution is -2.29. The summed E-state index contributed by atoms with van der Waals surface area (Å²) in [6.45, 7) is 6.20. The maximum atomic E-state index is 12.4. The number of hydrogen-bond donors (Lipinski definition) is 0. The van der Waals surface area contributed by atoms with Gasteiger partial charge in [0.15, 0.2) is 11.4 Å². The van der Waals surface area contributed by atoms with Gasteiger partial charge in [-0.3, -0.25) is 4.79 Å². The molecule has 2 heterocycles. The molecule has 1 aliphatic carbocycles. The summed E-state index contributed by atoms with van der Waals surface area (Å²) in [6.07, 6.45) is 3.42. The smallest absolute Gasteiger partial charge is 0.167 e. The van der Waals surface area contributed by atoms with Crippen molar-refractivity contribution in [1.29, 1.82) is 0 Å². The van der Waals surface area contributed by atoms with Gasteiger partial charge in [0.25, 0.3) is 0 Å². The van der Waals surface area contributed by atoms with Crippen LogP contribution in [0.2, 0.25) is 0 Å². The van der Waals surface area contributed by atoms with Gasteiger partial charge in [-0.15, -0.1) is 11.8 Å². The average Bonchev–Trinajstić information content (AvgIpc) is 2.64. The molecule has 0 amide bonds. The van der Waals surface area contributed by atoms with Crippen molar-refractivity contribution in [3.63, 3.8) is 0 Å². The number of rotatable bonds is 1. The largest absolute Gasteiger partial charge is 0.294 e. The highest BCUT2D eigenvalue weighted by Gasteiger charge is 2.34. The first kappa shape index (κ1) is 12.7. The van der Waals surface area contributed by atoms with E-state index >= 15 is 0 Å². The Morgan fingerprint density at radius 3 is 2.79 bits per heavy atom. The predicted molar refractivity (Wildman–Crippen MR) is 75.9 cm³/mol. The van der Waals surface area contributed by atoms with E-state index in [-0.39, 0.29) is 11.2 Å². The van der Waals surface area contributed by atoms with Crippen LogP contribution in [0.4, 0.5) is 0 Å². The number of hydrogen-bond acceptors (Lipinski definition) is 4. The molecule has 100 valence electrons. The second-order valence-electron chi connectivity index (χ2n) is 5.94. The molecule has 0 saturated heterocycles. The minimum absolute atomic E-state index is 0.000169. The van der Waals surface area contributed by atoms with Crippen LogP contribution in [0.15, 0.2) is 11.1 Å². The van der Waals surface area contributed by atoms with Gasteiger partial charge in [-0.2, -0.15) is 5.10 Å². The van der Waals surface area contributed by atoms with Crippen molar-refractivity contribution in [3.8, 4) is 0 Å².